The molecule has 0 aromatic heterocycles. The lowest BCUT2D eigenvalue weighted by Crippen LogP contribution is -2.13. The van der Waals surface area contributed by atoms with Gasteiger partial charge < -0.3 is 19.3 Å². The van der Waals surface area contributed by atoms with E-state index in [9.17, 15) is 0 Å². The minimum absolute atomic E-state index is 0.651. The van der Waals surface area contributed by atoms with Crippen LogP contribution in [0.5, 0.6) is 23.0 Å². The molecule has 0 unspecified atom stereocenters. The highest BCUT2D eigenvalue weighted by Gasteiger charge is 2.27. The van der Waals surface area contributed by atoms with Crippen LogP contribution >= 0.6 is 0 Å². The van der Waals surface area contributed by atoms with Crippen molar-refractivity contribution in [3.05, 3.63) is 388 Å². The number of para-hydroxylation sites is 2. The Morgan fingerprint density at radius 3 is 0.745 bits per heavy atom. The van der Waals surface area contributed by atoms with Gasteiger partial charge in [0.1, 0.15) is 23.0 Å². The Hall–Kier alpha value is -12.5. The average Bonchev–Trinajstić information content (AvgIpc) is 0.823. The third-order valence-electron chi connectivity index (χ3n) is 17.1. The van der Waals surface area contributed by atoms with Crippen LogP contribution in [0.3, 0.4) is 0 Å². The maximum absolute atomic E-state index is 7.48. The lowest BCUT2D eigenvalue weighted by atomic mass is 9.93. The van der Waals surface area contributed by atoms with E-state index in [1.807, 2.05) is 12.1 Å². The van der Waals surface area contributed by atoms with Gasteiger partial charge in [-0.05, 0) is 127 Å². The maximum Gasteiger partial charge on any atom is 0.130 e. The Balaban J connectivity index is 0.939. The van der Waals surface area contributed by atoms with Gasteiger partial charge in [-0.15, -0.1) is 0 Å². The summed E-state index contributed by atoms with van der Waals surface area (Å²) in [6.45, 7) is 0. The SMILES string of the molecule is c1ccc(-c2cccc(Oc3cc(-c4ccccc4)cc(N(c4cccc(Oc5cc(-c6ccccc6)cc(N(c6cccc(-c7ccccc7)c6)c6c(-c7ccccc7)cccc6-c6ccccc6)c5)c4)c4c(-c5ccccc5)cccc4-c4ccccc4)c3)c2)cc1. The van der Waals surface area contributed by atoms with Gasteiger partial charge in [0.25, 0.3) is 0 Å². The molecule has 15 aromatic carbocycles. The van der Waals surface area contributed by atoms with Gasteiger partial charge >= 0.3 is 0 Å². The summed E-state index contributed by atoms with van der Waals surface area (Å²) in [5, 5.41) is 0. The second kappa shape index (κ2) is 26.9. The minimum Gasteiger partial charge on any atom is -0.457 e. The van der Waals surface area contributed by atoms with E-state index in [0.29, 0.717) is 17.2 Å². The van der Waals surface area contributed by atoms with Gasteiger partial charge in [-0.25, -0.2) is 0 Å². The van der Waals surface area contributed by atoms with Crippen molar-refractivity contribution in [2.24, 2.45) is 0 Å². The van der Waals surface area contributed by atoms with E-state index >= 15 is 0 Å². The second-order valence-electron chi connectivity index (χ2n) is 23.2. The topological polar surface area (TPSA) is 24.9 Å². The van der Waals surface area contributed by atoms with Gasteiger partial charge in [-0.3, -0.25) is 0 Å². The summed E-state index contributed by atoms with van der Waals surface area (Å²) in [7, 11) is 0. The molecule has 94 heavy (non-hydrogen) atoms. The first-order chi connectivity index (χ1) is 46.6. The largest absolute Gasteiger partial charge is 0.457 e. The summed E-state index contributed by atoms with van der Waals surface area (Å²) < 4.78 is 14.6. The lowest BCUT2D eigenvalue weighted by Gasteiger charge is -2.32. The highest BCUT2D eigenvalue weighted by Crippen LogP contribution is 2.52. The van der Waals surface area contributed by atoms with Crippen LogP contribution < -0.4 is 19.3 Å². The molecule has 15 aromatic rings. The monoisotopic (exact) mass is 1200 g/mol. The third-order valence-corrected chi connectivity index (χ3v) is 17.1. The van der Waals surface area contributed by atoms with Crippen LogP contribution in [0.2, 0.25) is 0 Å². The van der Waals surface area contributed by atoms with Gasteiger partial charge in [0.2, 0.25) is 0 Å². The molecule has 0 amide bonds. The first kappa shape index (κ1) is 57.9. The molecule has 0 aliphatic heterocycles. The van der Waals surface area contributed by atoms with Crippen LogP contribution in [0, 0.1) is 0 Å². The molecule has 0 spiro atoms. The molecule has 4 nitrogen and oxygen atoms in total. The van der Waals surface area contributed by atoms with Crippen LogP contribution in [0.1, 0.15) is 0 Å². The lowest BCUT2D eigenvalue weighted by molar-refractivity contribution is 0.483. The zero-order valence-electron chi connectivity index (χ0n) is 51.7. The average molecular weight is 1210 g/mol. The molecule has 0 saturated carbocycles. The molecule has 0 aliphatic rings. The summed E-state index contributed by atoms with van der Waals surface area (Å²) >= 11 is 0. The van der Waals surface area contributed by atoms with Gasteiger partial charge in [0.05, 0.1) is 22.7 Å². The highest BCUT2D eigenvalue weighted by atomic mass is 16.5. The fraction of sp³-hybridized carbons (Fsp3) is 0. The number of hydrogen-bond acceptors (Lipinski definition) is 4. The number of benzene rings is 15. The van der Waals surface area contributed by atoms with E-state index in [4.69, 9.17) is 9.47 Å². The normalized spacial score (nSPS) is 11.0. The molecular weight excluding hydrogens is 1140 g/mol. The summed E-state index contributed by atoms with van der Waals surface area (Å²) in [4.78, 5) is 4.81. The number of ether oxygens (including phenoxy) is 2. The van der Waals surface area contributed by atoms with E-state index < -0.39 is 0 Å². The molecule has 0 fully saturated rings. The van der Waals surface area contributed by atoms with Crippen molar-refractivity contribution in [1.29, 1.82) is 0 Å². The molecule has 15 rings (SSSR count). The van der Waals surface area contributed by atoms with E-state index in [0.717, 1.165) is 129 Å². The highest BCUT2D eigenvalue weighted by molar-refractivity contribution is 6.00. The predicted molar refractivity (Wildman–Crippen MR) is 392 cm³/mol. The van der Waals surface area contributed by atoms with Crippen molar-refractivity contribution < 1.29 is 9.47 Å². The fourth-order valence-electron chi connectivity index (χ4n) is 12.7. The summed E-state index contributed by atoms with van der Waals surface area (Å²) in [5.74, 6) is 2.73. The smallest absolute Gasteiger partial charge is 0.130 e. The van der Waals surface area contributed by atoms with Crippen molar-refractivity contribution in [3.8, 4) is 112 Å². The molecule has 0 saturated heterocycles. The summed E-state index contributed by atoms with van der Waals surface area (Å²) in [5.41, 5.74) is 22.9. The van der Waals surface area contributed by atoms with Crippen LogP contribution in [-0.2, 0) is 0 Å². The number of hydrogen-bond donors (Lipinski definition) is 0. The van der Waals surface area contributed by atoms with Gasteiger partial charge in [0.15, 0.2) is 0 Å². The molecule has 4 heteroatoms. The molecule has 0 aliphatic carbocycles. The predicted octanol–water partition coefficient (Wildman–Crippen LogP) is 25.5. The molecule has 0 bridgehead atoms. The van der Waals surface area contributed by atoms with Gasteiger partial charge in [0, 0.05) is 51.8 Å². The zero-order valence-corrected chi connectivity index (χ0v) is 51.7. The standard InChI is InChI=1S/C90H64N2O2/c1-9-30-65(31-10-1)73-46-25-48-77(56-73)91(89-85(69-38-17-5-18-39-69)52-28-53-86(89)70-40-19-6-20-41-70)79-57-75(67-34-13-3-14-35-67)61-84(63-79)94-82-51-27-49-78(62-82)92(90-87(71-42-21-7-22-43-71)54-29-55-88(90)72-44-23-8-24-45-72)80-58-76(68-36-15-4-16-37-68)60-83(64-80)93-81-50-26-47-74(59-81)66-32-11-2-12-33-66/h1-64H. The Morgan fingerprint density at radius 2 is 0.383 bits per heavy atom. The van der Waals surface area contributed by atoms with Crippen LogP contribution in [0.4, 0.5) is 34.1 Å². The fourth-order valence-corrected chi connectivity index (χ4v) is 12.7. The van der Waals surface area contributed by atoms with Gasteiger partial charge in [-0.1, -0.05) is 309 Å². The van der Waals surface area contributed by atoms with E-state index in [2.05, 4.69) is 386 Å². The Kier molecular flexibility index (Phi) is 16.6. The van der Waals surface area contributed by atoms with Crippen LogP contribution in [0.15, 0.2) is 388 Å². The first-order valence-electron chi connectivity index (χ1n) is 31.9. The second-order valence-corrected chi connectivity index (χ2v) is 23.2. The first-order valence-corrected chi connectivity index (χ1v) is 31.9. The summed E-state index contributed by atoms with van der Waals surface area (Å²) in [6, 6.07) is 137. The molecule has 0 radical (unpaired) electrons. The number of rotatable bonds is 18. The van der Waals surface area contributed by atoms with Crippen molar-refractivity contribution in [3.63, 3.8) is 0 Å². The Labute approximate surface area is 550 Å². The Bertz CT molecular complexity index is 4930. The summed E-state index contributed by atoms with van der Waals surface area (Å²) in [6.07, 6.45) is 0. The number of anilines is 6. The quantitative estimate of drug-likeness (QED) is 0.0855. The van der Waals surface area contributed by atoms with E-state index in [-0.39, 0.29) is 0 Å². The maximum atomic E-state index is 7.48. The molecule has 0 atom stereocenters. The minimum atomic E-state index is 0.651. The van der Waals surface area contributed by atoms with Crippen molar-refractivity contribution >= 4 is 34.1 Å². The molecule has 0 heterocycles. The Morgan fingerprint density at radius 1 is 0.149 bits per heavy atom. The molecular formula is C90H64N2O2. The third kappa shape index (κ3) is 12.6. The van der Waals surface area contributed by atoms with Crippen LogP contribution in [-0.4, -0.2) is 0 Å². The van der Waals surface area contributed by atoms with Crippen LogP contribution in [0.25, 0.3) is 89.0 Å². The van der Waals surface area contributed by atoms with Crippen molar-refractivity contribution in [2.45, 2.75) is 0 Å². The van der Waals surface area contributed by atoms with E-state index in [1.165, 1.54) is 0 Å². The molecule has 446 valence electrons. The number of nitrogens with zero attached hydrogens (tertiary/aromatic N) is 2. The van der Waals surface area contributed by atoms with Gasteiger partial charge in [-0.2, -0.15) is 0 Å². The van der Waals surface area contributed by atoms with E-state index in [1.54, 1.807) is 0 Å². The molecule has 0 N–H and O–H groups in total. The van der Waals surface area contributed by atoms with Crippen molar-refractivity contribution in [1.82, 2.24) is 0 Å². The zero-order chi connectivity index (χ0) is 62.8. The van der Waals surface area contributed by atoms with Crippen molar-refractivity contribution in [2.75, 3.05) is 9.80 Å².